The standard InChI is InChI=1S/C34H42N10O2.ClH/c1-22-18-31(43-16-14-37-15-17-43)38-21-29(22)25-6-2-23(3-7-25)19-30(36)34(46)44(33(45)27-8-4-24(20-35)5-9-27)28-12-10-26(11-13-28)32-39-41-42-40-32;/h2-3,6-7,10-13,18,21,24,27,30,37H,4-5,8-9,14-17,19-20,35-36H2,1H3,(H,39,40,41,42);1H/t24?,27?,30-;/m0./s1. The molecule has 12 nitrogen and oxygen atoms in total. The van der Waals surface area contributed by atoms with Crippen molar-refractivity contribution in [3.05, 3.63) is 71.9 Å². The summed E-state index contributed by atoms with van der Waals surface area (Å²) in [5.41, 5.74) is 17.8. The Morgan fingerprint density at radius 3 is 2.30 bits per heavy atom. The fourth-order valence-electron chi connectivity index (χ4n) is 6.47. The Bertz CT molecular complexity index is 1620. The third-order valence-corrected chi connectivity index (χ3v) is 9.27. The number of halogens is 1. The molecule has 1 aliphatic heterocycles. The van der Waals surface area contributed by atoms with Gasteiger partial charge in [-0.05, 0) is 104 Å². The van der Waals surface area contributed by atoms with Gasteiger partial charge in [0.15, 0.2) is 0 Å². The molecule has 13 heteroatoms. The summed E-state index contributed by atoms with van der Waals surface area (Å²) < 4.78 is 0. The first-order chi connectivity index (χ1) is 22.4. The number of tetrazole rings is 1. The Hall–Kier alpha value is -4.23. The molecular formula is C34H43ClN10O2. The first-order valence-electron chi connectivity index (χ1n) is 16.1. The van der Waals surface area contributed by atoms with Crippen molar-refractivity contribution in [3.63, 3.8) is 0 Å². The predicted octanol–water partition coefficient (Wildman–Crippen LogP) is 3.26. The number of anilines is 2. The fourth-order valence-corrected chi connectivity index (χ4v) is 6.47. The van der Waals surface area contributed by atoms with E-state index in [0.717, 1.165) is 67.1 Å². The van der Waals surface area contributed by atoms with Crippen LogP contribution in [0.25, 0.3) is 22.5 Å². The van der Waals surface area contributed by atoms with Crippen LogP contribution in [0.15, 0.2) is 60.8 Å². The minimum atomic E-state index is -0.909. The van der Waals surface area contributed by atoms with Gasteiger partial charge >= 0.3 is 0 Å². The van der Waals surface area contributed by atoms with Crippen molar-refractivity contribution < 1.29 is 9.59 Å². The van der Waals surface area contributed by atoms with E-state index in [9.17, 15) is 9.59 Å². The van der Waals surface area contributed by atoms with Crippen LogP contribution in [0.1, 0.15) is 36.8 Å². The molecule has 2 amide bonds. The average molecular weight is 659 g/mol. The zero-order valence-electron chi connectivity index (χ0n) is 26.6. The van der Waals surface area contributed by atoms with Gasteiger partial charge in [-0.25, -0.2) is 9.88 Å². The zero-order chi connectivity index (χ0) is 32.0. The zero-order valence-corrected chi connectivity index (χ0v) is 27.5. The number of aryl methyl sites for hydroxylation is 1. The molecule has 1 saturated carbocycles. The lowest BCUT2D eigenvalue weighted by Gasteiger charge is -2.32. The molecule has 1 atom stereocenters. The first kappa shape index (κ1) is 34.1. The number of hydrogen-bond acceptors (Lipinski definition) is 10. The summed E-state index contributed by atoms with van der Waals surface area (Å²) in [4.78, 5) is 36.2. The number of rotatable bonds is 9. The van der Waals surface area contributed by atoms with Crippen LogP contribution in [0.2, 0.25) is 0 Å². The molecule has 4 aromatic rings. The van der Waals surface area contributed by atoms with Gasteiger partial charge in [0, 0.05) is 49.4 Å². The number of pyridine rings is 1. The van der Waals surface area contributed by atoms with E-state index in [2.05, 4.69) is 43.8 Å². The number of benzene rings is 2. The summed E-state index contributed by atoms with van der Waals surface area (Å²) in [6.07, 6.45) is 5.38. The monoisotopic (exact) mass is 658 g/mol. The van der Waals surface area contributed by atoms with Gasteiger partial charge in [0.25, 0.3) is 5.91 Å². The second kappa shape index (κ2) is 15.6. The number of nitrogens with one attached hydrogen (secondary N) is 2. The van der Waals surface area contributed by atoms with Gasteiger partial charge in [-0.2, -0.15) is 5.21 Å². The number of carbonyl (C=O) groups excluding carboxylic acids is 2. The number of hydrogen-bond donors (Lipinski definition) is 4. The van der Waals surface area contributed by atoms with Crippen LogP contribution in [0, 0.1) is 18.8 Å². The molecule has 3 heterocycles. The van der Waals surface area contributed by atoms with Crippen LogP contribution >= 0.6 is 12.4 Å². The largest absolute Gasteiger partial charge is 0.354 e. The summed E-state index contributed by atoms with van der Waals surface area (Å²) >= 11 is 0. The van der Waals surface area contributed by atoms with Crippen molar-refractivity contribution in [2.75, 3.05) is 42.5 Å². The van der Waals surface area contributed by atoms with Crippen molar-refractivity contribution in [1.29, 1.82) is 0 Å². The van der Waals surface area contributed by atoms with Crippen molar-refractivity contribution in [3.8, 4) is 22.5 Å². The highest BCUT2D eigenvalue weighted by Crippen LogP contribution is 2.32. The number of amides is 2. The number of imide groups is 1. The maximum atomic E-state index is 14.0. The smallest absolute Gasteiger partial charge is 0.251 e. The molecule has 2 fully saturated rings. The van der Waals surface area contributed by atoms with Gasteiger partial charge in [0.1, 0.15) is 5.82 Å². The Kier molecular flexibility index (Phi) is 11.3. The summed E-state index contributed by atoms with van der Waals surface area (Å²) in [5.74, 6) is 0.941. The van der Waals surface area contributed by atoms with Crippen molar-refractivity contribution in [2.24, 2.45) is 23.3 Å². The number of aromatic amines is 1. The van der Waals surface area contributed by atoms with E-state index in [1.807, 2.05) is 30.5 Å². The number of aromatic nitrogens is 5. The molecule has 2 aromatic heterocycles. The second-order valence-electron chi connectivity index (χ2n) is 12.3. The number of piperazine rings is 1. The van der Waals surface area contributed by atoms with E-state index in [0.29, 0.717) is 48.8 Å². The topological polar surface area (TPSA) is 172 Å². The highest BCUT2D eigenvalue weighted by Gasteiger charge is 2.35. The number of H-pyrrole nitrogens is 1. The molecule has 248 valence electrons. The first-order valence-corrected chi connectivity index (χ1v) is 16.1. The van der Waals surface area contributed by atoms with E-state index in [1.54, 1.807) is 24.3 Å². The molecule has 2 aliphatic rings. The molecule has 0 unspecified atom stereocenters. The molecule has 0 bridgehead atoms. The van der Waals surface area contributed by atoms with Crippen molar-refractivity contribution in [1.82, 2.24) is 30.9 Å². The van der Waals surface area contributed by atoms with Gasteiger partial charge in [-0.1, -0.05) is 24.3 Å². The molecule has 6 rings (SSSR count). The van der Waals surface area contributed by atoms with Crippen LogP contribution in [0.4, 0.5) is 11.5 Å². The maximum Gasteiger partial charge on any atom is 0.251 e. The average Bonchev–Trinajstić information content (AvgIpc) is 3.65. The highest BCUT2D eigenvalue weighted by molar-refractivity contribution is 6.17. The highest BCUT2D eigenvalue weighted by atomic mass is 35.5. The van der Waals surface area contributed by atoms with Crippen LogP contribution < -0.4 is 26.6 Å². The third kappa shape index (κ3) is 7.84. The number of carbonyl (C=O) groups is 2. The third-order valence-electron chi connectivity index (χ3n) is 9.27. The summed E-state index contributed by atoms with van der Waals surface area (Å²) in [5, 5.41) is 17.5. The maximum absolute atomic E-state index is 14.0. The molecule has 6 N–H and O–H groups in total. The SMILES string of the molecule is Cc1cc(N2CCNCC2)ncc1-c1ccc(C[C@H](N)C(=O)N(C(=O)C2CCC(CN)CC2)c2ccc(-c3nn[nH]n3)cc2)cc1.Cl. The van der Waals surface area contributed by atoms with Gasteiger partial charge in [-0.15, -0.1) is 22.6 Å². The molecule has 0 radical (unpaired) electrons. The molecule has 1 saturated heterocycles. The van der Waals surface area contributed by atoms with Gasteiger partial charge in [0.05, 0.1) is 11.7 Å². The van der Waals surface area contributed by atoms with Crippen molar-refractivity contribution >= 4 is 35.7 Å². The van der Waals surface area contributed by atoms with Gasteiger partial charge in [0.2, 0.25) is 11.7 Å². The Balaban J connectivity index is 0.00000433. The lowest BCUT2D eigenvalue weighted by molar-refractivity contribution is -0.130. The van der Waals surface area contributed by atoms with E-state index in [4.69, 9.17) is 16.5 Å². The number of nitrogens with two attached hydrogens (primary N) is 2. The second-order valence-corrected chi connectivity index (χ2v) is 12.3. The van der Waals surface area contributed by atoms with E-state index in [1.165, 1.54) is 4.90 Å². The van der Waals surface area contributed by atoms with Crippen LogP contribution in [0.5, 0.6) is 0 Å². The molecular weight excluding hydrogens is 616 g/mol. The predicted molar refractivity (Wildman–Crippen MR) is 185 cm³/mol. The summed E-state index contributed by atoms with van der Waals surface area (Å²) in [7, 11) is 0. The van der Waals surface area contributed by atoms with Gasteiger partial charge in [-0.3, -0.25) is 9.59 Å². The molecule has 1 aliphatic carbocycles. The Morgan fingerprint density at radius 2 is 1.68 bits per heavy atom. The normalized spacial score (nSPS) is 18.7. The fraction of sp³-hybridized carbons (Fsp3) is 0.412. The van der Waals surface area contributed by atoms with E-state index >= 15 is 0 Å². The quantitative estimate of drug-likeness (QED) is 0.209. The van der Waals surface area contributed by atoms with Crippen LogP contribution in [0.3, 0.4) is 0 Å². The minimum Gasteiger partial charge on any atom is -0.354 e. The van der Waals surface area contributed by atoms with Crippen LogP contribution in [-0.2, 0) is 16.0 Å². The lowest BCUT2D eigenvalue weighted by Crippen LogP contribution is -2.50. The summed E-state index contributed by atoms with van der Waals surface area (Å²) in [6.45, 7) is 6.54. The molecule has 47 heavy (non-hydrogen) atoms. The molecule has 0 spiro atoms. The van der Waals surface area contributed by atoms with Crippen molar-refractivity contribution in [2.45, 2.75) is 45.1 Å². The van der Waals surface area contributed by atoms with Gasteiger partial charge < -0.3 is 21.7 Å². The molecule has 2 aromatic carbocycles. The van der Waals surface area contributed by atoms with E-state index in [-0.39, 0.29) is 24.2 Å². The Labute approximate surface area is 281 Å². The minimum absolute atomic E-state index is 0. The lowest BCUT2D eigenvalue weighted by atomic mass is 9.81. The van der Waals surface area contributed by atoms with Crippen LogP contribution in [-0.4, -0.2) is 76.2 Å². The van der Waals surface area contributed by atoms with E-state index < -0.39 is 11.9 Å². The Morgan fingerprint density at radius 1 is 1.00 bits per heavy atom. The number of nitrogens with zero attached hydrogens (tertiary/aromatic N) is 6. The summed E-state index contributed by atoms with van der Waals surface area (Å²) in [6, 6.07) is 16.3.